The van der Waals surface area contributed by atoms with Gasteiger partial charge in [-0.05, 0) is 37.3 Å². The first kappa shape index (κ1) is 12.5. The molecule has 0 atom stereocenters. The van der Waals surface area contributed by atoms with E-state index in [1.807, 2.05) is 11.3 Å². The first-order valence-electron chi connectivity index (χ1n) is 5.66. The zero-order valence-electron chi connectivity index (χ0n) is 9.99. The van der Waals surface area contributed by atoms with Crippen LogP contribution in [0.4, 0.5) is 4.39 Å². The molecule has 0 saturated heterocycles. The minimum atomic E-state index is -0.272. The normalized spacial score (nSPS) is 11.2. The molecule has 0 fully saturated rings. The maximum absolute atomic E-state index is 13.0. The van der Waals surface area contributed by atoms with Crippen LogP contribution in [0.3, 0.4) is 0 Å². The number of imidazole rings is 1. The van der Waals surface area contributed by atoms with E-state index in [-0.39, 0.29) is 5.82 Å². The lowest BCUT2D eigenvalue weighted by Crippen LogP contribution is -1.88. The summed E-state index contributed by atoms with van der Waals surface area (Å²) in [7, 11) is 0. The summed E-state index contributed by atoms with van der Waals surface area (Å²) >= 11 is 12.1. The molecule has 2 heterocycles. The lowest BCUT2D eigenvalue weighted by molar-refractivity contribution is 0.628. The van der Waals surface area contributed by atoms with E-state index in [0.29, 0.717) is 15.7 Å². The Morgan fingerprint density at radius 1 is 1.16 bits per heavy atom. The summed E-state index contributed by atoms with van der Waals surface area (Å²) in [6.45, 7) is 1.92. The summed E-state index contributed by atoms with van der Waals surface area (Å²) < 4.78 is 14.8. The predicted octanol–water partition coefficient (Wildman–Crippen LogP) is 4.76. The van der Waals surface area contributed by atoms with Gasteiger partial charge in [0.15, 0.2) is 5.65 Å². The third kappa shape index (κ3) is 2.09. The van der Waals surface area contributed by atoms with Gasteiger partial charge < -0.3 is 4.40 Å². The minimum Gasteiger partial charge on any atom is -0.301 e. The van der Waals surface area contributed by atoms with E-state index in [4.69, 9.17) is 23.2 Å². The van der Waals surface area contributed by atoms with Gasteiger partial charge >= 0.3 is 0 Å². The number of halogens is 3. The van der Waals surface area contributed by atoms with Crippen LogP contribution < -0.4 is 0 Å². The molecule has 96 valence electrons. The van der Waals surface area contributed by atoms with Crippen molar-refractivity contribution in [3.05, 3.63) is 58.1 Å². The van der Waals surface area contributed by atoms with E-state index >= 15 is 0 Å². The average Bonchev–Trinajstić information content (AvgIpc) is 2.69. The second-order valence-corrected chi connectivity index (χ2v) is 5.10. The summed E-state index contributed by atoms with van der Waals surface area (Å²) in [5.74, 6) is -0.272. The van der Waals surface area contributed by atoms with Crippen molar-refractivity contribution in [3.63, 3.8) is 0 Å². The van der Waals surface area contributed by atoms with Crippen LogP contribution >= 0.6 is 23.2 Å². The lowest BCUT2D eigenvalue weighted by Gasteiger charge is -2.00. The van der Waals surface area contributed by atoms with Gasteiger partial charge in [-0.2, -0.15) is 0 Å². The molecule has 2 nitrogen and oxygen atoms in total. The Labute approximate surface area is 119 Å². The van der Waals surface area contributed by atoms with Gasteiger partial charge in [-0.1, -0.05) is 23.2 Å². The molecule has 0 aliphatic heterocycles. The molecule has 2 aromatic heterocycles. The molecule has 0 unspecified atom stereocenters. The van der Waals surface area contributed by atoms with Crippen LogP contribution in [0.2, 0.25) is 10.0 Å². The fourth-order valence-electron chi connectivity index (χ4n) is 2.07. The molecule has 0 spiro atoms. The van der Waals surface area contributed by atoms with Crippen LogP contribution in [-0.2, 0) is 0 Å². The third-order valence-electron chi connectivity index (χ3n) is 3.00. The van der Waals surface area contributed by atoms with Gasteiger partial charge in [-0.3, -0.25) is 0 Å². The molecule has 0 aliphatic rings. The van der Waals surface area contributed by atoms with E-state index in [1.165, 1.54) is 12.1 Å². The van der Waals surface area contributed by atoms with Crippen molar-refractivity contribution in [3.8, 4) is 11.3 Å². The highest BCUT2D eigenvalue weighted by Crippen LogP contribution is 2.29. The topological polar surface area (TPSA) is 17.3 Å². The molecule has 0 N–H and O–H groups in total. The number of benzene rings is 1. The molecule has 0 radical (unpaired) electrons. The molecule has 19 heavy (non-hydrogen) atoms. The quantitative estimate of drug-likeness (QED) is 0.633. The van der Waals surface area contributed by atoms with Crippen molar-refractivity contribution in [2.45, 2.75) is 6.92 Å². The number of pyridine rings is 1. The van der Waals surface area contributed by atoms with Crippen LogP contribution in [0, 0.1) is 12.7 Å². The molecule has 0 saturated carbocycles. The second-order valence-electron chi connectivity index (χ2n) is 4.25. The second kappa shape index (κ2) is 4.51. The lowest BCUT2D eigenvalue weighted by atomic mass is 10.1. The summed E-state index contributed by atoms with van der Waals surface area (Å²) in [5.41, 5.74) is 3.16. The van der Waals surface area contributed by atoms with Gasteiger partial charge in [-0.15, -0.1) is 0 Å². The molecule has 1 aromatic carbocycles. The van der Waals surface area contributed by atoms with Crippen LogP contribution in [0.5, 0.6) is 0 Å². The highest BCUT2D eigenvalue weighted by atomic mass is 35.5. The van der Waals surface area contributed by atoms with E-state index in [2.05, 4.69) is 4.98 Å². The Balaban J connectivity index is 2.28. The summed E-state index contributed by atoms with van der Waals surface area (Å²) in [5, 5.41) is 1.03. The Morgan fingerprint density at radius 3 is 2.53 bits per heavy atom. The number of hydrogen-bond acceptors (Lipinski definition) is 1. The predicted molar refractivity (Wildman–Crippen MR) is 75.3 cm³/mol. The van der Waals surface area contributed by atoms with Crippen molar-refractivity contribution in [1.29, 1.82) is 0 Å². The van der Waals surface area contributed by atoms with Gasteiger partial charge in [0.05, 0.1) is 15.7 Å². The van der Waals surface area contributed by atoms with Crippen molar-refractivity contribution in [1.82, 2.24) is 9.38 Å². The van der Waals surface area contributed by atoms with Crippen molar-refractivity contribution >= 4 is 28.8 Å². The molecule has 5 heteroatoms. The number of fused-ring (bicyclic) bond motifs is 1. The molecular weight excluding hydrogens is 286 g/mol. The summed E-state index contributed by atoms with van der Waals surface area (Å²) in [4.78, 5) is 4.50. The van der Waals surface area contributed by atoms with Crippen LogP contribution in [-0.4, -0.2) is 9.38 Å². The van der Waals surface area contributed by atoms with Crippen molar-refractivity contribution in [2.24, 2.45) is 0 Å². The minimum absolute atomic E-state index is 0.272. The Morgan fingerprint density at radius 2 is 1.84 bits per heavy atom. The number of hydrogen-bond donors (Lipinski definition) is 0. The molecule has 0 amide bonds. The van der Waals surface area contributed by atoms with Gasteiger partial charge in [0.1, 0.15) is 5.82 Å². The number of aryl methyl sites for hydroxylation is 1. The largest absolute Gasteiger partial charge is 0.301 e. The maximum Gasteiger partial charge on any atom is 0.156 e. The maximum atomic E-state index is 13.0. The first-order chi connectivity index (χ1) is 9.06. The zero-order valence-corrected chi connectivity index (χ0v) is 11.5. The Bertz CT molecular complexity index is 763. The smallest absolute Gasteiger partial charge is 0.156 e. The highest BCUT2D eigenvalue weighted by molar-refractivity contribution is 6.36. The van der Waals surface area contributed by atoms with Gasteiger partial charge in [0.25, 0.3) is 0 Å². The van der Waals surface area contributed by atoms with E-state index in [1.54, 1.807) is 24.4 Å². The Kier molecular flexibility index (Phi) is 2.96. The molecule has 3 rings (SSSR count). The number of rotatable bonds is 1. The number of aromatic nitrogens is 2. The first-order valence-corrected chi connectivity index (χ1v) is 6.41. The van der Waals surface area contributed by atoms with E-state index < -0.39 is 0 Å². The molecular formula is C14H9Cl2FN2. The molecule has 0 aliphatic carbocycles. The van der Waals surface area contributed by atoms with Crippen molar-refractivity contribution < 1.29 is 4.39 Å². The summed E-state index contributed by atoms with van der Waals surface area (Å²) in [6, 6.07) is 7.86. The highest BCUT2D eigenvalue weighted by Gasteiger charge is 2.13. The fourth-order valence-corrected chi connectivity index (χ4v) is 2.58. The monoisotopic (exact) mass is 294 g/mol. The molecule has 0 bridgehead atoms. The summed E-state index contributed by atoms with van der Waals surface area (Å²) in [6.07, 6.45) is 1.76. The zero-order chi connectivity index (χ0) is 13.6. The van der Waals surface area contributed by atoms with Gasteiger partial charge in [-0.25, -0.2) is 9.37 Å². The fraction of sp³-hybridized carbons (Fsp3) is 0.0714. The van der Waals surface area contributed by atoms with Crippen LogP contribution in [0.1, 0.15) is 5.69 Å². The van der Waals surface area contributed by atoms with E-state index in [9.17, 15) is 4.39 Å². The van der Waals surface area contributed by atoms with Crippen molar-refractivity contribution in [2.75, 3.05) is 0 Å². The van der Waals surface area contributed by atoms with Crippen LogP contribution in [0.25, 0.3) is 16.9 Å². The van der Waals surface area contributed by atoms with E-state index in [0.717, 1.165) is 17.0 Å². The SMILES string of the molecule is Cc1c(-c2ccc(F)cc2)nc2c(Cl)cc(Cl)cn12. The average molecular weight is 295 g/mol. The third-order valence-corrected chi connectivity index (χ3v) is 3.48. The molecule has 3 aromatic rings. The standard InChI is InChI=1S/C14H9Cl2FN2/c1-8-13(9-2-4-11(17)5-3-9)18-14-12(16)6-10(15)7-19(8)14/h2-7H,1H3. The Hall–Kier alpha value is -1.58. The van der Waals surface area contributed by atoms with Gasteiger partial charge in [0.2, 0.25) is 0 Å². The van der Waals surface area contributed by atoms with Gasteiger partial charge in [0, 0.05) is 17.5 Å². The van der Waals surface area contributed by atoms with Crippen LogP contribution in [0.15, 0.2) is 36.5 Å². The number of nitrogens with zero attached hydrogens (tertiary/aromatic N) is 2.